The van der Waals surface area contributed by atoms with E-state index in [1.54, 1.807) is 0 Å². The van der Waals surface area contributed by atoms with Crippen molar-refractivity contribution in [3.8, 4) is 0 Å². The van der Waals surface area contributed by atoms with E-state index in [1.165, 1.54) is 12.5 Å². The Bertz CT molecular complexity index is 2680. The third-order valence-corrected chi connectivity index (χ3v) is 25.5. The van der Waals surface area contributed by atoms with Gasteiger partial charge in [0, 0.05) is 0 Å². The highest BCUT2D eigenvalue weighted by Crippen LogP contribution is 2.76. The van der Waals surface area contributed by atoms with Gasteiger partial charge in [0.15, 0.2) is 31.5 Å². The molecule has 96 heavy (non-hydrogen) atoms. The summed E-state index contributed by atoms with van der Waals surface area (Å²) in [6.45, 7) is 14.0. The summed E-state index contributed by atoms with van der Waals surface area (Å²) in [4.78, 5) is 15.4. The van der Waals surface area contributed by atoms with E-state index in [2.05, 4.69) is 54.5 Å². The maximum absolute atomic E-state index is 15.4. The highest BCUT2D eigenvalue weighted by atomic mass is 16.8. The third-order valence-electron chi connectivity index (χ3n) is 25.5. The molecule has 0 radical (unpaired) electrons. The molecule has 4 unspecified atom stereocenters. The van der Waals surface area contributed by atoms with E-state index in [4.69, 9.17) is 56.8 Å². The summed E-state index contributed by atoms with van der Waals surface area (Å²) >= 11 is 0. The molecule has 0 aromatic carbocycles. The van der Waals surface area contributed by atoms with Crippen molar-refractivity contribution >= 4 is 5.97 Å². The number of carbonyl (C=O) groups excluding carboxylic acids is 1. The Labute approximate surface area is 556 Å². The number of fused-ring (bicyclic) bond motifs is 7. The second kappa shape index (κ2) is 28.6. The van der Waals surface area contributed by atoms with Gasteiger partial charge in [-0.15, -0.1) is 0 Å². The summed E-state index contributed by atoms with van der Waals surface area (Å²) in [6.07, 6.45) is -40.7. The highest BCUT2D eigenvalue weighted by molar-refractivity contribution is 5.79. The van der Waals surface area contributed by atoms with Gasteiger partial charge in [-0.05, 0) is 116 Å². The minimum Gasteiger partial charge on any atom is -0.432 e. The molecule has 31 heteroatoms. The lowest BCUT2D eigenvalue weighted by Crippen LogP contribution is -2.67. The van der Waals surface area contributed by atoms with Crippen LogP contribution in [0.1, 0.15) is 113 Å². The number of rotatable bonds is 16. The normalized spacial score (nSPS) is 55.1. The standard InChI is InChI=1S/C65H106O31/c1-24-11-16-65(60(84)96-58-51(83)46(78)41(73)32(92-58)23-87-55-48(80)45(77)40(72)31(91-55)22-86-54-47(79)43(75)38(70)29(19-66)89-54)18-17-63(7)27(36(65)25(24)2)9-10-34-62(6)14-13-35(61(4,5)33(62)12-15-64(34,63)8)93-59-53(95-56-49(81)42(74)37(69)26(3)88-56)52(28(68)21-85-59)94-57-50(82)44(76)39(71)30(20-67)90-57/h9,24-26,28-59,66-83H,10-23H2,1-8H3/t24-,25+,26-,28+,29-,30-,31-,32-,33?,34?,35?,36?,37-,38-,39-,40-,41-,42-,43+,44+,45+,46+,47-,48-,49-,50-,51-,52-,53-,54-,55-,56+,57+,58+,59+,62+,63-,64-,65+/m1/s1. The van der Waals surface area contributed by atoms with Gasteiger partial charge in [-0.25, -0.2) is 0 Å². The van der Waals surface area contributed by atoms with E-state index in [0.717, 1.165) is 12.8 Å². The number of esters is 1. The third kappa shape index (κ3) is 12.8. The van der Waals surface area contributed by atoms with Gasteiger partial charge >= 0.3 is 5.97 Å². The molecule has 18 N–H and O–H groups in total. The molecule has 31 nitrogen and oxygen atoms in total. The van der Waals surface area contributed by atoms with Crippen LogP contribution in [0.4, 0.5) is 0 Å². The molecule has 0 aromatic heterocycles. The van der Waals surface area contributed by atoms with Gasteiger partial charge < -0.3 is 149 Å². The monoisotopic (exact) mass is 1380 g/mol. The van der Waals surface area contributed by atoms with Crippen molar-refractivity contribution in [1.82, 2.24) is 0 Å². The quantitative estimate of drug-likeness (QED) is 0.0391. The smallest absolute Gasteiger partial charge is 0.315 e. The molecule has 0 spiro atoms. The zero-order valence-corrected chi connectivity index (χ0v) is 55.5. The van der Waals surface area contributed by atoms with Crippen LogP contribution >= 0.6 is 0 Å². The van der Waals surface area contributed by atoms with Gasteiger partial charge in [-0.2, -0.15) is 0 Å². The van der Waals surface area contributed by atoms with Crippen LogP contribution in [0, 0.1) is 56.7 Å². The fourth-order valence-corrected chi connectivity index (χ4v) is 19.2. The average Bonchev–Trinajstić information content (AvgIpc) is 0.674. The Morgan fingerprint density at radius 1 is 0.490 bits per heavy atom. The molecule has 0 aromatic rings. The Hall–Kier alpha value is -1.95. The zero-order valence-electron chi connectivity index (χ0n) is 55.5. The lowest BCUT2D eigenvalue weighted by Gasteiger charge is -2.71. The minimum absolute atomic E-state index is 0.0186. The number of allylic oxidation sites excluding steroid dienone is 2. The highest BCUT2D eigenvalue weighted by Gasteiger charge is 2.71. The maximum atomic E-state index is 15.4. The molecule has 0 amide bonds. The molecular weight excluding hydrogens is 1280 g/mol. The Balaban J connectivity index is 0.787. The van der Waals surface area contributed by atoms with E-state index in [-0.39, 0.29) is 47.0 Å². The van der Waals surface area contributed by atoms with Crippen LogP contribution < -0.4 is 0 Å². The van der Waals surface area contributed by atoms with Crippen LogP contribution in [0.25, 0.3) is 0 Å². The average molecular weight is 1380 g/mol. The van der Waals surface area contributed by atoms with E-state index < -0.39 is 233 Å². The summed E-state index contributed by atoms with van der Waals surface area (Å²) in [6, 6.07) is 0. The molecule has 552 valence electrons. The topological polar surface area (TPSA) is 492 Å². The molecule has 39 atom stereocenters. The summed E-state index contributed by atoms with van der Waals surface area (Å²) in [7, 11) is 0. The predicted molar refractivity (Wildman–Crippen MR) is 321 cm³/mol. The van der Waals surface area contributed by atoms with E-state index in [0.29, 0.717) is 44.9 Å². The zero-order chi connectivity index (χ0) is 70.0. The lowest BCUT2D eigenvalue weighted by molar-refractivity contribution is -0.388. The number of hydrogen-bond donors (Lipinski definition) is 18. The first-order chi connectivity index (χ1) is 45.1. The SMILES string of the molecule is C[C@@H]1CC[C@]2(C(=O)O[C@@H]3O[C@H](CO[C@@H]4O[C@H](CO[C@@H]5O[C@H](CO)[C@@H](O)[C@H](O)[C@H]5O)[C@@H](O)[C@H](O)[C@H]4O)[C@@H](O)[C@H](O)[C@H]3O)CC[C@]3(C)C(=CCC4[C@@]5(C)CCC(O[C@@H]6OC[C@H](O)[C@@H](O[C@@H]7O[C@H](CO)[C@@H](O)[C@H](O)[C@H]7O)[C@H]6O[C@@H]6O[C@H](C)[C@@H](O)[C@@H](O)[C@H]6O)C(C)(C)C5CC[C@]43C)C2[C@H]1C. The number of aliphatic hydroxyl groups excluding tert-OH is 18. The number of ether oxygens (including phenoxy) is 12. The Morgan fingerprint density at radius 3 is 1.55 bits per heavy atom. The first kappa shape index (κ1) is 75.2. The molecule has 6 aliphatic heterocycles. The van der Waals surface area contributed by atoms with Gasteiger partial charge in [0.1, 0.15) is 134 Å². The van der Waals surface area contributed by atoms with E-state index >= 15 is 4.79 Å². The Kier molecular flexibility index (Phi) is 22.4. The number of aliphatic hydroxyl groups is 18. The largest absolute Gasteiger partial charge is 0.432 e. The van der Waals surface area contributed by atoms with Crippen LogP contribution in [0.2, 0.25) is 0 Å². The van der Waals surface area contributed by atoms with Crippen LogP contribution in [0.3, 0.4) is 0 Å². The molecule has 10 fully saturated rings. The molecule has 6 saturated heterocycles. The summed E-state index contributed by atoms with van der Waals surface area (Å²) < 4.78 is 72.1. The van der Waals surface area contributed by atoms with Crippen molar-refractivity contribution in [2.24, 2.45) is 56.7 Å². The summed E-state index contributed by atoms with van der Waals surface area (Å²) in [5.41, 5.74) is -1.50. The minimum atomic E-state index is -1.93. The molecule has 0 bridgehead atoms. The Morgan fingerprint density at radius 2 is 0.979 bits per heavy atom. The molecule has 6 heterocycles. The van der Waals surface area contributed by atoms with Crippen LogP contribution in [-0.2, 0) is 61.6 Å². The van der Waals surface area contributed by atoms with Gasteiger partial charge in [0.2, 0.25) is 6.29 Å². The fourth-order valence-electron chi connectivity index (χ4n) is 19.2. The van der Waals surface area contributed by atoms with Crippen molar-refractivity contribution in [2.75, 3.05) is 33.0 Å². The second-order valence-corrected chi connectivity index (χ2v) is 30.9. The van der Waals surface area contributed by atoms with Crippen molar-refractivity contribution in [1.29, 1.82) is 0 Å². The van der Waals surface area contributed by atoms with E-state index in [1.807, 2.05) is 0 Å². The number of carbonyl (C=O) groups is 1. The second-order valence-electron chi connectivity index (χ2n) is 30.9. The van der Waals surface area contributed by atoms with Gasteiger partial charge in [0.05, 0.1) is 50.7 Å². The van der Waals surface area contributed by atoms with E-state index in [9.17, 15) is 91.9 Å². The van der Waals surface area contributed by atoms with Crippen LogP contribution in [0.5, 0.6) is 0 Å². The van der Waals surface area contributed by atoms with Gasteiger partial charge in [-0.3, -0.25) is 4.79 Å². The predicted octanol–water partition coefficient (Wildman–Crippen LogP) is -4.86. The summed E-state index contributed by atoms with van der Waals surface area (Å²) in [5, 5.41) is 194. The van der Waals surface area contributed by atoms with Gasteiger partial charge in [0.25, 0.3) is 0 Å². The van der Waals surface area contributed by atoms with Crippen molar-refractivity contribution in [2.45, 2.75) is 297 Å². The lowest BCUT2D eigenvalue weighted by atomic mass is 9.33. The fraction of sp³-hybridized carbons (Fsp3) is 0.954. The first-order valence-corrected chi connectivity index (χ1v) is 34.2. The van der Waals surface area contributed by atoms with Crippen molar-refractivity contribution in [3.05, 3.63) is 11.6 Å². The molecule has 11 aliphatic rings. The molecule has 4 saturated carbocycles. The summed E-state index contributed by atoms with van der Waals surface area (Å²) in [5.74, 6) is -0.590. The maximum Gasteiger partial charge on any atom is 0.315 e. The molecule has 5 aliphatic carbocycles. The molecule has 11 rings (SSSR count). The number of hydrogen-bond acceptors (Lipinski definition) is 31. The van der Waals surface area contributed by atoms with Gasteiger partial charge in [-0.1, -0.05) is 60.1 Å². The van der Waals surface area contributed by atoms with Crippen LogP contribution in [0.15, 0.2) is 11.6 Å². The van der Waals surface area contributed by atoms with Crippen molar-refractivity contribution in [3.63, 3.8) is 0 Å². The first-order valence-electron chi connectivity index (χ1n) is 34.2. The van der Waals surface area contributed by atoms with Crippen LogP contribution in [-0.4, -0.2) is 315 Å². The molecular formula is C65H106O31. The van der Waals surface area contributed by atoms with Crippen molar-refractivity contribution < 1.29 is 154 Å².